The molecule has 5 heteroatoms. The fourth-order valence-corrected chi connectivity index (χ4v) is 1.21. The smallest absolute Gasteiger partial charge is 0.344 e. The van der Waals surface area contributed by atoms with Crippen LogP contribution in [0.2, 0.25) is 0 Å². The summed E-state index contributed by atoms with van der Waals surface area (Å²) in [5.41, 5.74) is 6.14. The molecule has 0 unspecified atom stereocenters. The molecule has 1 aromatic rings. The van der Waals surface area contributed by atoms with E-state index in [-0.39, 0.29) is 5.82 Å². The Hall–Kier alpha value is -1.52. The highest BCUT2D eigenvalue weighted by Crippen LogP contribution is 2.18. The van der Waals surface area contributed by atoms with Gasteiger partial charge in [0.2, 0.25) is 0 Å². The molecule has 0 aliphatic heterocycles. The zero-order valence-corrected chi connectivity index (χ0v) is 9.55. The lowest BCUT2D eigenvalue weighted by Gasteiger charge is -2.19. The maximum absolute atomic E-state index is 11.8. The van der Waals surface area contributed by atoms with Gasteiger partial charge in [-0.1, -0.05) is 6.92 Å². The lowest BCUT2D eigenvalue weighted by atomic mass is 10.1. The standard InChI is InChI=1S/C10H17N3O2/c1-5-6-7(8(11)13-12-6)9(14)15-10(2,3)4/h5H2,1-4H3,(H3,11,12,13). The molecule has 0 radical (unpaired) electrons. The van der Waals surface area contributed by atoms with Gasteiger partial charge in [0.05, 0.1) is 5.69 Å². The van der Waals surface area contributed by atoms with Crippen LogP contribution in [0, 0.1) is 0 Å². The Bertz CT molecular complexity index is 363. The Morgan fingerprint density at radius 2 is 2.13 bits per heavy atom. The number of nitrogens with zero attached hydrogens (tertiary/aromatic N) is 1. The summed E-state index contributed by atoms with van der Waals surface area (Å²) in [7, 11) is 0. The first-order valence-electron chi connectivity index (χ1n) is 4.91. The van der Waals surface area contributed by atoms with Crippen molar-refractivity contribution in [1.82, 2.24) is 10.2 Å². The number of anilines is 1. The highest BCUT2D eigenvalue weighted by Gasteiger charge is 2.23. The number of H-pyrrole nitrogens is 1. The Morgan fingerprint density at radius 1 is 1.53 bits per heavy atom. The van der Waals surface area contributed by atoms with Gasteiger partial charge in [-0.2, -0.15) is 5.10 Å². The molecule has 1 aromatic heterocycles. The van der Waals surface area contributed by atoms with E-state index in [4.69, 9.17) is 10.5 Å². The van der Waals surface area contributed by atoms with E-state index in [1.165, 1.54) is 0 Å². The van der Waals surface area contributed by atoms with Gasteiger partial charge >= 0.3 is 5.97 Å². The fourth-order valence-electron chi connectivity index (χ4n) is 1.21. The van der Waals surface area contributed by atoms with Crippen molar-refractivity contribution in [3.63, 3.8) is 0 Å². The Morgan fingerprint density at radius 3 is 2.60 bits per heavy atom. The number of aromatic nitrogens is 2. The topological polar surface area (TPSA) is 81.0 Å². The number of rotatable bonds is 2. The summed E-state index contributed by atoms with van der Waals surface area (Å²) >= 11 is 0. The van der Waals surface area contributed by atoms with E-state index in [1.807, 2.05) is 27.7 Å². The van der Waals surface area contributed by atoms with Crippen molar-refractivity contribution in [1.29, 1.82) is 0 Å². The van der Waals surface area contributed by atoms with Crippen LogP contribution >= 0.6 is 0 Å². The van der Waals surface area contributed by atoms with Gasteiger partial charge in [-0.25, -0.2) is 4.79 Å². The summed E-state index contributed by atoms with van der Waals surface area (Å²) in [6, 6.07) is 0. The van der Waals surface area contributed by atoms with Crippen molar-refractivity contribution in [3.8, 4) is 0 Å². The minimum atomic E-state index is -0.522. The predicted octanol–water partition coefficient (Wildman–Crippen LogP) is 1.51. The van der Waals surface area contributed by atoms with Gasteiger partial charge < -0.3 is 10.5 Å². The molecule has 0 atom stereocenters. The van der Waals surface area contributed by atoms with Crippen LogP contribution < -0.4 is 5.73 Å². The van der Waals surface area contributed by atoms with Gasteiger partial charge in [0.1, 0.15) is 11.2 Å². The Kier molecular flexibility index (Phi) is 3.02. The second-order valence-electron chi connectivity index (χ2n) is 4.32. The van der Waals surface area contributed by atoms with Crippen molar-refractivity contribution in [2.75, 3.05) is 5.73 Å². The van der Waals surface area contributed by atoms with Crippen LogP contribution in [-0.2, 0) is 11.2 Å². The quantitative estimate of drug-likeness (QED) is 0.726. The van der Waals surface area contributed by atoms with Crippen LogP contribution in [0.4, 0.5) is 5.82 Å². The normalized spacial score (nSPS) is 11.5. The van der Waals surface area contributed by atoms with Crippen LogP contribution in [0.25, 0.3) is 0 Å². The zero-order valence-electron chi connectivity index (χ0n) is 9.55. The predicted molar refractivity (Wildman–Crippen MR) is 57.5 cm³/mol. The van der Waals surface area contributed by atoms with Crippen LogP contribution in [0.15, 0.2) is 0 Å². The number of carbonyl (C=O) groups excluding carboxylic acids is 1. The highest BCUT2D eigenvalue weighted by molar-refractivity contribution is 5.95. The second kappa shape index (κ2) is 3.92. The number of nitrogens with one attached hydrogen (secondary N) is 1. The third kappa shape index (κ3) is 2.71. The van der Waals surface area contributed by atoms with Crippen LogP contribution in [0.1, 0.15) is 43.7 Å². The highest BCUT2D eigenvalue weighted by atomic mass is 16.6. The van der Waals surface area contributed by atoms with E-state index in [1.54, 1.807) is 0 Å². The number of nitrogens with two attached hydrogens (primary N) is 1. The molecule has 0 aromatic carbocycles. The molecule has 0 fully saturated rings. The monoisotopic (exact) mass is 211 g/mol. The number of aromatic amines is 1. The van der Waals surface area contributed by atoms with Crippen molar-refractivity contribution in [2.45, 2.75) is 39.7 Å². The largest absolute Gasteiger partial charge is 0.456 e. The van der Waals surface area contributed by atoms with Crippen LogP contribution in [0.3, 0.4) is 0 Å². The number of carbonyl (C=O) groups is 1. The molecule has 0 saturated carbocycles. The summed E-state index contributed by atoms with van der Waals surface area (Å²) in [4.78, 5) is 11.8. The van der Waals surface area contributed by atoms with Gasteiger partial charge in [-0.15, -0.1) is 0 Å². The summed E-state index contributed by atoms with van der Waals surface area (Å²) in [6.45, 7) is 7.35. The number of aryl methyl sites for hydroxylation is 1. The maximum Gasteiger partial charge on any atom is 0.344 e. The van der Waals surface area contributed by atoms with E-state index in [0.717, 1.165) is 0 Å². The first-order chi connectivity index (χ1) is 6.85. The number of ether oxygens (including phenoxy) is 1. The minimum absolute atomic E-state index is 0.195. The number of hydrogen-bond donors (Lipinski definition) is 2. The molecule has 5 nitrogen and oxygen atoms in total. The maximum atomic E-state index is 11.8. The van der Waals surface area contributed by atoms with Crippen molar-refractivity contribution in [3.05, 3.63) is 11.3 Å². The van der Waals surface area contributed by atoms with Crippen LogP contribution in [-0.4, -0.2) is 21.8 Å². The average Bonchev–Trinajstić information content (AvgIpc) is 2.43. The first-order valence-corrected chi connectivity index (χ1v) is 4.91. The second-order valence-corrected chi connectivity index (χ2v) is 4.32. The third-order valence-electron chi connectivity index (χ3n) is 1.83. The van der Waals surface area contributed by atoms with E-state index in [0.29, 0.717) is 17.7 Å². The molecular weight excluding hydrogens is 194 g/mol. The number of hydrogen-bond acceptors (Lipinski definition) is 4. The van der Waals surface area contributed by atoms with Crippen molar-refractivity contribution < 1.29 is 9.53 Å². The van der Waals surface area contributed by atoms with Gasteiger partial charge in [-0.3, -0.25) is 5.10 Å². The van der Waals surface area contributed by atoms with E-state index in [9.17, 15) is 4.79 Å². The third-order valence-corrected chi connectivity index (χ3v) is 1.83. The van der Waals surface area contributed by atoms with E-state index < -0.39 is 11.6 Å². The SMILES string of the molecule is CCc1[nH]nc(N)c1C(=O)OC(C)(C)C. The summed E-state index contributed by atoms with van der Waals surface area (Å²) < 4.78 is 5.23. The molecule has 0 aliphatic carbocycles. The van der Waals surface area contributed by atoms with Crippen molar-refractivity contribution >= 4 is 11.8 Å². The zero-order chi connectivity index (χ0) is 11.6. The lowest BCUT2D eigenvalue weighted by Crippen LogP contribution is -2.24. The summed E-state index contributed by atoms with van der Waals surface area (Å²) in [5, 5.41) is 6.50. The number of nitrogen functional groups attached to an aromatic ring is 1. The molecule has 1 rings (SSSR count). The van der Waals surface area contributed by atoms with Crippen LogP contribution in [0.5, 0.6) is 0 Å². The Labute approximate surface area is 89.0 Å². The average molecular weight is 211 g/mol. The molecular formula is C10H17N3O2. The molecule has 0 bridgehead atoms. The lowest BCUT2D eigenvalue weighted by molar-refractivity contribution is 0.00698. The first kappa shape index (κ1) is 11.6. The van der Waals surface area contributed by atoms with E-state index in [2.05, 4.69) is 10.2 Å². The molecule has 1 heterocycles. The van der Waals surface area contributed by atoms with Gasteiger partial charge in [0.15, 0.2) is 5.82 Å². The molecule has 15 heavy (non-hydrogen) atoms. The number of esters is 1. The summed E-state index contributed by atoms with van der Waals surface area (Å²) in [6.07, 6.45) is 0.665. The van der Waals surface area contributed by atoms with Gasteiger partial charge in [0, 0.05) is 0 Å². The molecule has 0 aliphatic rings. The summed E-state index contributed by atoms with van der Waals surface area (Å²) in [5.74, 6) is -0.230. The van der Waals surface area contributed by atoms with Gasteiger partial charge in [-0.05, 0) is 27.2 Å². The fraction of sp³-hybridized carbons (Fsp3) is 0.600. The molecule has 0 spiro atoms. The van der Waals surface area contributed by atoms with E-state index >= 15 is 0 Å². The molecule has 0 amide bonds. The van der Waals surface area contributed by atoms with Gasteiger partial charge in [0.25, 0.3) is 0 Å². The molecule has 3 N–H and O–H groups in total. The molecule has 0 saturated heterocycles. The van der Waals surface area contributed by atoms with Crippen molar-refractivity contribution in [2.24, 2.45) is 0 Å². The minimum Gasteiger partial charge on any atom is -0.456 e. The Balaban J connectivity index is 2.95. The molecule has 84 valence electrons.